The number of aryl methyl sites for hydroxylation is 2. The van der Waals surface area contributed by atoms with Crippen molar-refractivity contribution in [3.8, 4) is 22.8 Å². The molecule has 0 saturated carbocycles. The molecule has 1 aromatic carbocycles. The van der Waals surface area contributed by atoms with Gasteiger partial charge < -0.3 is 18.8 Å². The van der Waals surface area contributed by atoms with Crippen LogP contribution in [-0.2, 0) is 16.2 Å². The summed E-state index contributed by atoms with van der Waals surface area (Å²) in [5, 5.41) is 5.65. The first kappa shape index (κ1) is 28.3. The molecule has 0 N–H and O–H groups in total. The second kappa shape index (κ2) is 11.7. The van der Waals surface area contributed by atoms with E-state index >= 15 is 0 Å². The maximum absolute atomic E-state index is 13.3. The number of benzene rings is 1. The molecule has 0 amide bonds. The zero-order valence-electron chi connectivity index (χ0n) is 24.5. The van der Waals surface area contributed by atoms with Crippen molar-refractivity contribution in [1.29, 1.82) is 0 Å². The van der Waals surface area contributed by atoms with E-state index in [9.17, 15) is 4.79 Å². The minimum atomic E-state index is -1.12. The average molecular weight is 561 g/mol. The molecule has 0 spiro atoms. The molecule has 8 nitrogen and oxygen atoms in total. The number of hydrogen-bond acceptors (Lipinski definition) is 6. The second-order valence-electron chi connectivity index (χ2n) is 12.0. The number of pyridine rings is 1. The second-order valence-corrected chi connectivity index (χ2v) is 17.6. The fourth-order valence-corrected chi connectivity index (χ4v) is 6.05. The van der Waals surface area contributed by atoms with Gasteiger partial charge in [-0.15, -0.1) is 0 Å². The highest BCUT2D eigenvalue weighted by Gasteiger charge is 2.22. The third-order valence-corrected chi connectivity index (χ3v) is 9.28. The zero-order valence-corrected chi connectivity index (χ0v) is 25.5. The predicted molar refractivity (Wildman–Crippen MR) is 161 cm³/mol. The minimum Gasteiger partial charge on any atom is -0.438 e. The van der Waals surface area contributed by atoms with Crippen LogP contribution in [0.2, 0.25) is 25.7 Å². The van der Waals surface area contributed by atoms with E-state index in [2.05, 4.69) is 29.2 Å². The number of fused-ring (bicyclic) bond motifs is 1. The summed E-state index contributed by atoms with van der Waals surface area (Å²) in [5.41, 5.74) is 5.37. The molecule has 212 valence electrons. The Morgan fingerprint density at radius 2 is 1.95 bits per heavy atom. The molecular formula is C31H40N4O4Si. The molecule has 1 aliphatic rings. The molecule has 4 heterocycles. The summed E-state index contributed by atoms with van der Waals surface area (Å²) in [7, 11) is -1.12. The van der Waals surface area contributed by atoms with Crippen LogP contribution >= 0.6 is 0 Å². The molecule has 3 aromatic heterocycles. The minimum absolute atomic E-state index is 0.00800. The first-order valence-corrected chi connectivity index (χ1v) is 17.8. The van der Waals surface area contributed by atoms with Gasteiger partial charge in [0.1, 0.15) is 12.5 Å². The van der Waals surface area contributed by atoms with Gasteiger partial charge in [0, 0.05) is 44.8 Å². The highest BCUT2D eigenvalue weighted by atomic mass is 28.3. The molecular weight excluding hydrogens is 520 g/mol. The molecule has 1 fully saturated rings. The van der Waals surface area contributed by atoms with Gasteiger partial charge in [-0.05, 0) is 75.0 Å². The van der Waals surface area contributed by atoms with Gasteiger partial charge in [0.2, 0.25) is 5.88 Å². The van der Waals surface area contributed by atoms with Crippen LogP contribution in [-0.4, -0.2) is 47.2 Å². The van der Waals surface area contributed by atoms with Crippen molar-refractivity contribution >= 4 is 19.0 Å². The van der Waals surface area contributed by atoms with Crippen molar-refractivity contribution in [3.63, 3.8) is 0 Å². The fourth-order valence-electron chi connectivity index (χ4n) is 5.29. The Labute approximate surface area is 236 Å². The van der Waals surface area contributed by atoms with Crippen LogP contribution in [0.25, 0.3) is 22.0 Å². The van der Waals surface area contributed by atoms with E-state index in [4.69, 9.17) is 19.3 Å². The Kier molecular flexibility index (Phi) is 8.25. The molecule has 1 atom stereocenters. The van der Waals surface area contributed by atoms with Crippen LogP contribution in [0.15, 0.2) is 47.5 Å². The first-order valence-electron chi connectivity index (χ1n) is 14.1. The Hall–Kier alpha value is -3.27. The molecule has 5 rings (SSSR count). The standard InChI is InChI=1S/C31H40N4O4Si/c1-21-18-25(39-30-27-12-14-34(28(27)11-13-32-30)20-38-16-17-40(4,5)6)9-10-26(21)29-22(2)31(36)35(33-23(29)3)24-8-7-15-37-19-24/h9-14,18,24H,7-8,15-17,19-20H2,1-6H3. The van der Waals surface area contributed by atoms with E-state index in [1.54, 1.807) is 10.9 Å². The lowest BCUT2D eigenvalue weighted by molar-refractivity contribution is 0.0529. The van der Waals surface area contributed by atoms with Crippen LogP contribution in [0.1, 0.15) is 35.7 Å². The lowest BCUT2D eigenvalue weighted by Crippen LogP contribution is -2.34. The molecule has 9 heteroatoms. The van der Waals surface area contributed by atoms with Crippen molar-refractivity contribution in [2.45, 2.75) is 72.1 Å². The third kappa shape index (κ3) is 6.06. The number of ether oxygens (including phenoxy) is 3. The van der Waals surface area contributed by atoms with Crippen molar-refractivity contribution in [3.05, 3.63) is 69.9 Å². The normalized spacial score (nSPS) is 16.0. The molecule has 1 aliphatic heterocycles. The van der Waals surface area contributed by atoms with E-state index < -0.39 is 8.07 Å². The largest absolute Gasteiger partial charge is 0.438 e. The highest BCUT2D eigenvalue weighted by molar-refractivity contribution is 6.76. The van der Waals surface area contributed by atoms with E-state index in [1.807, 2.05) is 57.3 Å². The van der Waals surface area contributed by atoms with Crippen LogP contribution in [0.5, 0.6) is 11.6 Å². The summed E-state index contributed by atoms with van der Waals surface area (Å²) in [6.07, 6.45) is 5.63. The third-order valence-electron chi connectivity index (χ3n) is 7.58. The molecule has 4 aromatic rings. The molecule has 1 saturated heterocycles. The van der Waals surface area contributed by atoms with Crippen molar-refractivity contribution in [2.75, 3.05) is 19.8 Å². The SMILES string of the molecule is Cc1cc(Oc2nccc3c2ccn3COCC[Si](C)(C)C)ccc1-c1c(C)nn(C2CCCOC2)c(=O)c1C. The summed E-state index contributed by atoms with van der Waals surface area (Å²) in [6.45, 7) is 15.5. The van der Waals surface area contributed by atoms with Gasteiger partial charge >= 0.3 is 0 Å². The topological polar surface area (TPSA) is 80.4 Å². The summed E-state index contributed by atoms with van der Waals surface area (Å²) in [6, 6.07) is 11.1. The summed E-state index contributed by atoms with van der Waals surface area (Å²) >= 11 is 0. The van der Waals surface area contributed by atoms with Gasteiger partial charge in [-0.3, -0.25) is 4.79 Å². The monoisotopic (exact) mass is 560 g/mol. The molecule has 40 heavy (non-hydrogen) atoms. The van der Waals surface area contributed by atoms with Gasteiger partial charge in [-0.25, -0.2) is 9.67 Å². The quantitative estimate of drug-likeness (QED) is 0.169. The summed E-state index contributed by atoms with van der Waals surface area (Å²) < 4.78 is 21.5. The first-order chi connectivity index (χ1) is 19.1. The molecule has 0 bridgehead atoms. The molecule has 0 aliphatic carbocycles. The van der Waals surface area contributed by atoms with Gasteiger partial charge in [0.15, 0.2) is 0 Å². The predicted octanol–water partition coefficient (Wildman–Crippen LogP) is 6.64. The van der Waals surface area contributed by atoms with Crippen LogP contribution in [0, 0.1) is 20.8 Å². The number of aromatic nitrogens is 4. The Morgan fingerprint density at radius 1 is 1.12 bits per heavy atom. The fraction of sp³-hybridized carbons (Fsp3) is 0.452. The van der Waals surface area contributed by atoms with Crippen molar-refractivity contribution in [2.24, 2.45) is 0 Å². The lowest BCUT2D eigenvalue weighted by Gasteiger charge is -2.25. The zero-order chi connectivity index (χ0) is 28.4. The number of nitrogens with zero attached hydrogens (tertiary/aromatic N) is 4. The number of hydrogen-bond donors (Lipinski definition) is 0. The molecule has 0 radical (unpaired) electrons. The number of rotatable bonds is 9. The summed E-state index contributed by atoms with van der Waals surface area (Å²) in [4.78, 5) is 17.8. The summed E-state index contributed by atoms with van der Waals surface area (Å²) in [5.74, 6) is 1.24. The van der Waals surface area contributed by atoms with E-state index in [1.165, 1.54) is 0 Å². The lowest BCUT2D eigenvalue weighted by atomic mass is 9.96. The van der Waals surface area contributed by atoms with Crippen LogP contribution in [0.4, 0.5) is 0 Å². The maximum Gasteiger partial charge on any atom is 0.270 e. The van der Waals surface area contributed by atoms with Gasteiger partial charge in [0.25, 0.3) is 5.56 Å². The average Bonchev–Trinajstić information content (AvgIpc) is 3.34. The Balaban J connectivity index is 1.36. The van der Waals surface area contributed by atoms with Gasteiger partial charge in [-0.1, -0.05) is 25.7 Å². The maximum atomic E-state index is 13.3. The highest BCUT2D eigenvalue weighted by Crippen LogP contribution is 2.34. The molecule has 1 unspecified atom stereocenters. The van der Waals surface area contributed by atoms with E-state index in [0.717, 1.165) is 65.4 Å². The van der Waals surface area contributed by atoms with Crippen molar-refractivity contribution < 1.29 is 14.2 Å². The van der Waals surface area contributed by atoms with Gasteiger partial charge in [0.05, 0.1) is 29.2 Å². The Bertz CT molecular complexity index is 1560. The van der Waals surface area contributed by atoms with E-state index in [-0.39, 0.29) is 11.6 Å². The van der Waals surface area contributed by atoms with Crippen molar-refractivity contribution in [1.82, 2.24) is 19.3 Å². The van der Waals surface area contributed by atoms with E-state index in [0.29, 0.717) is 30.5 Å². The van der Waals surface area contributed by atoms with Crippen LogP contribution < -0.4 is 10.3 Å². The van der Waals surface area contributed by atoms with Gasteiger partial charge in [-0.2, -0.15) is 5.10 Å². The Morgan fingerprint density at radius 3 is 2.67 bits per heavy atom. The van der Waals surface area contributed by atoms with Crippen LogP contribution in [0.3, 0.4) is 0 Å². The smallest absolute Gasteiger partial charge is 0.270 e.